The third-order valence-electron chi connectivity index (χ3n) is 2.34. The molecule has 2 N–H and O–H groups in total. The van der Waals surface area contributed by atoms with Gasteiger partial charge in [0.25, 0.3) is 0 Å². The normalized spacial score (nSPS) is 12.4. The molecule has 1 rings (SSSR count). The van der Waals surface area contributed by atoms with Crippen LogP contribution in [0.25, 0.3) is 0 Å². The first-order valence-corrected chi connectivity index (χ1v) is 5.02. The molecule has 1 aromatic rings. The number of halogens is 2. The van der Waals surface area contributed by atoms with Crippen LogP contribution >= 0.6 is 12.4 Å². The molecule has 0 heterocycles. The van der Waals surface area contributed by atoms with Crippen molar-refractivity contribution in [3.8, 4) is 0 Å². The largest absolute Gasteiger partial charge is 0.324 e. The molecule has 0 saturated carbocycles. The van der Waals surface area contributed by atoms with Gasteiger partial charge in [-0.2, -0.15) is 0 Å². The highest BCUT2D eigenvalue weighted by Crippen LogP contribution is 2.20. The zero-order valence-electron chi connectivity index (χ0n) is 9.46. The zero-order chi connectivity index (χ0) is 10.7. The minimum absolute atomic E-state index is 0. The number of hydrogen-bond acceptors (Lipinski definition) is 1. The number of benzene rings is 1. The Morgan fingerprint density at radius 2 is 1.93 bits per heavy atom. The molecule has 0 saturated heterocycles. The van der Waals surface area contributed by atoms with E-state index in [0.29, 0.717) is 11.5 Å². The number of aryl methyl sites for hydroxylation is 1. The third-order valence-corrected chi connectivity index (χ3v) is 2.34. The Labute approximate surface area is 97.3 Å². The van der Waals surface area contributed by atoms with E-state index in [9.17, 15) is 4.39 Å². The summed E-state index contributed by atoms with van der Waals surface area (Å²) >= 11 is 0. The second-order valence-corrected chi connectivity index (χ2v) is 4.24. The first-order chi connectivity index (χ1) is 6.50. The van der Waals surface area contributed by atoms with Gasteiger partial charge in [-0.15, -0.1) is 12.4 Å². The Bertz CT molecular complexity index is 312. The molecule has 15 heavy (non-hydrogen) atoms. The Hall–Kier alpha value is -0.600. The highest BCUT2D eigenvalue weighted by atomic mass is 35.5. The lowest BCUT2D eigenvalue weighted by Crippen LogP contribution is -2.13. The fourth-order valence-corrected chi connectivity index (χ4v) is 1.54. The van der Waals surface area contributed by atoms with Gasteiger partial charge in [-0.1, -0.05) is 26.0 Å². The van der Waals surface area contributed by atoms with Crippen LogP contribution in [0.3, 0.4) is 0 Å². The lowest BCUT2D eigenvalue weighted by Gasteiger charge is -2.15. The number of rotatable bonds is 3. The van der Waals surface area contributed by atoms with Crippen LogP contribution in [0, 0.1) is 18.7 Å². The third kappa shape index (κ3) is 4.18. The van der Waals surface area contributed by atoms with E-state index in [4.69, 9.17) is 5.73 Å². The van der Waals surface area contributed by atoms with Gasteiger partial charge in [0, 0.05) is 6.04 Å². The van der Waals surface area contributed by atoms with Crippen molar-refractivity contribution in [2.45, 2.75) is 33.2 Å². The maximum atomic E-state index is 13.0. The minimum atomic E-state index is -0.162. The molecule has 1 nitrogen and oxygen atoms in total. The fraction of sp³-hybridized carbons (Fsp3) is 0.500. The van der Waals surface area contributed by atoms with Crippen molar-refractivity contribution in [1.29, 1.82) is 0 Å². The van der Waals surface area contributed by atoms with Crippen molar-refractivity contribution < 1.29 is 4.39 Å². The van der Waals surface area contributed by atoms with Gasteiger partial charge in [-0.05, 0) is 36.5 Å². The smallest absolute Gasteiger partial charge is 0.126 e. The van der Waals surface area contributed by atoms with E-state index < -0.39 is 0 Å². The lowest BCUT2D eigenvalue weighted by molar-refractivity contribution is 0.508. The van der Waals surface area contributed by atoms with Gasteiger partial charge in [0.2, 0.25) is 0 Å². The molecule has 0 aliphatic carbocycles. The van der Waals surface area contributed by atoms with Crippen molar-refractivity contribution in [3.63, 3.8) is 0 Å². The Kier molecular flexibility index (Phi) is 5.84. The number of nitrogens with two attached hydrogens (primary N) is 1. The molecular weight excluding hydrogens is 213 g/mol. The van der Waals surface area contributed by atoms with Crippen molar-refractivity contribution in [3.05, 3.63) is 35.1 Å². The molecule has 0 aromatic heterocycles. The minimum Gasteiger partial charge on any atom is -0.324 e. The molecule has 0 bridgehead atoms. The highest BCUT2D eigenvalue weighted by molar-refractivity contribution is 5.85. The second kappa shape index (κ2) is 6.09. The van der Waals surface area contributed by atoms with Crippen LogP contribution in [0.1, 0.15) is 37.4 Å². The first kappa shape index (κ1) is 14.4. The molecule has 86 valence electrons. The van der Waals surface area contributed by atoms with Crippen LogP contribution in [0.5, 0.6) is 0 Å². The second-order valence-electron chi connectivity index (χ2n) is 4.24. The molecule has 0 fully saturated rings. The predicted octanol–water partition coefficient (Wildman–Crippen LogP) is 3.60. The standard InChI is InChI=1S/C12H18FN.ClH/c1-8(2)6-12(14)10-4-5-11(13)9(3)7-10;/h4-5,7-8,12H,6,14H2,1-3H3;1H/t12-;/m1./s1. The topological polar surface area (TPSA) is 26.0 Å². The Morgan fingerprint density at radius 3 is 2.40 bits per heavy atom. The van der Waals surface area contributed by atoms with Crippen molar-refractivity contribution in [2.24, 2.45) is 11.7 Å². The van der Waals surface area contributed by atoms with Crippen LogP contribution in [0.15, 0.2) is 18.2 Å². The van der Waals surface area contributed by atoms with E-state index in [-0.39, 0.29) is 24.3 Å². The molecule has 0 spiro atoms. The maximum Gasteiger partial charge on any atom is 0.126 e. The van der Waals surface area contributed by atoms with Crippen LogP contribution < -0.4 is 5.73 Å². The summed E-state index contributed by atoms with van der Waals surface area (Å²) in [6.45, 7) is 6.04. The molecule has 0 amide bonds. The monoisotopic (exact) mass is 231 g/mol. The van der Waals surface area contributed by atoms with Crippen molar-refractivity contribution in [2.75, 3.05) is 0 Å². The van der Waals surface area contributed by atoms with E-state index in [0.717, 1.165) is 12.0 Å². The van der Waals surface area contributed by atoms with Crippen molar-refractivity contribution >= 4 is 12.4 Å². The summed E-state index contributed by atoms with van der Waals surface area (Å²) in [5.41, 5.74) is 7.69. The summed E-state index contributed by atoms with van der Waals surface area (Å²) in [5.74, 6) is 0.404. The molecule has 1 aromatic carbocycles. The zero-order valence-corrected chi connectivity index (χ0v) is 10.3. The van der Waals surface area contributed by atoms with Crippen LogP contribution in [0.2, 0.25) is 0 Å². The first-order valence-electron chi connectivity index (χ1n) is 5.02. The van der Waals surface area contributed by atoms with Gasteiger partial charge in [0.15, 0.2) is 0 Å². The predicted molar refractivity (Wildman–Crippen MR) is 64.8 cm³/mol. The van der Waals surface area contributed by atoms with E-state index in [1.54, 1.807) is 13.0 Å². The maximum absolute atomic E-state index is 13.0. The summed E-state index contributed by atoms with van der Waals surface area (Å²) < 4.78 is 13.0. The van der Waals surface area contributed by atoms with Gasteiger partial charge in [-0.25, -0.2) is 4.39 Å². The van der Waals surface area contributed by atoms with Crippen LogP contribution in [0.4, 0.5) is 4.39 Å². The van der Waals surface area contributed by atoms with Crippen molar-refractivity contribution in [1.82, 2.24) is 0 Å². The van der Waals surface area contributed by atoms with E-state index >= 15 is 0 Å². The van der Waals surface area contributed by atoms with Crippen LogP contribution in [-0.2, 0) is 0 Å². The quantitative estimate of drug-likeness (QED) is 0.845. The average molecular weight is 232 g/mol. The molecular formula is C12H19ClFN. The summed E-state index contributed by atoms with van der Waals surface area (Å²) in [6, 6.07) is 5.12. The van der Waals surface area contributed by atoms with E-state index in [1.165, 1.54) is 6.07 Å². The number of hydrogen-bond donors (Lipinski definition) is 1. The fourth-order valence-electron chi connectivity index (χ4n) is 1.54. The van der Waals surface area contributed by atoms with Crippen LogP contribution in [-0.4, -0.2) is 0 Å². The molecule has 0 aliphatic rings. The molecule has 0 radical (unpaired) electrons. The summed E-state index contributed by atoms with van der Waals surface area (Å²) in [7, 11) is 0. The Morgan fingerprint density at radius 1 is 1.33 bits per heavy atom. The molecule has 3 heteroatoms. The lowest BCUT2D eigenvalue weighted by atomic mass is 9.97. The van der Waals surface area contributed by atoms with Gasteiger partial charge >= 0.3 is 0 Å². The molecule has 0 aliphatic heterocycles. The average Bonchev–Trinajstić information content (AvgIpc) is 2.08. The summed E-state index contributed by atoms with van der Waals surface area (Å²) in [6.07, 6.45) is 0.936. The Balaban J connectivity index is 0.00000196. The molecule has 1 atom stereocenters. The van der Waals surface area contributed by atoms with Gasteiger partial charge in [0.05, 0.1) is 0 Å². The van der Waals surface area contributed by atoms with E-state index in [2.05, 4.69) is 13.8 Å². The van der Waals surface area contributed by atoms with Gasteiger partial charge < -0.3 is 5.73 Å². The molecule has 0 unspecified atom stereocenters. The summed E-state index contributed by atoms with van der Waals surface area (Å²) in [4.78, 5) is 0. The summed E-state index contributed by atoms with van der Waals surface area (Å²) in [5, 5.41) is 0. The van der Waals surface area contributed by atoms with Gasteiger partial charge in [0.1, 0.15) is 5.82 Å². The van der Waals surface area contributed by atoms with E-state index in [1.807, 2.05) is 6.07 Å². The SMILES string of the molecule is Cc1cc([C@H](N)CC(C)C)ccc1F.Cl. The highest BCUT2D eigenvalue weighted by Gasteiger charge is 2.09. The van der Waals surface area contributed by atoms with Gasteiger partial charge in [-0.3, -0.25) is 0 Å².